The van der Waals surface area contributed by atoms with Gasteiger partial charge in [-0.05, 0) is 70.4 Å². The second kappa shape index (κ2) is 13.5. The van der Waals surface area contributed by atoms with Crippen LogP contribution in [0.25, 0.3) is 6.08 Å². The smallest absolute Gasteiger partial charge is 0.261 e. The molecular weight excluding hydrogens is 607 g/mol. The summed E-state index contributed by atoms with van der Waals surface area (Å²) in [5, 5.41) is 11.6. The van der Waals surface area contributed by atoms with Crippen LogP contribution in [0.3, 0.4) is 0 Å². The molecule has 1 aromatic heterocycles. The number of nitrogens with zero attached hydrogens (tertiary/aromatic N) is 1. The van der Waals surface area contributed by atoms with Gasteiger partial charge in [-0.3, -0.25) is 14.5 Å². The van der Waals surface area contributed by atoms with Gasteiger partial charge in [0.15, 0.2) is 0 Å². The van der Waals surface area contributed by atoms with E-state index in [4.69, 9.17) is 13.6 Å². The van der Waals surface area contributed by atoms with E-state index >= 15 is 0 Å². The van der Waals surface area contributed by atoms with E-state index in [1.807, 2.05) is 18.2 Å². The average molecular weight is 654 g/mol. The molecule has 1 N–H and O–H groups in total. The second-order valence-corrected chi connectivity index (χ2v) is 18.5. The molecule has 3 aliphatic rings. The van der Waals surface area contributed by atoms with Crippen molar-refractivity contribution < 1.29 is 28.3 Å². The Balaban J connectivity index is 1.37. The number of allylic oxidation sites excluding steroid dienone is 1. The highest BCUT2D eigenvalue weighted by atomic mass is 28.4. The molecule has 0 radical (unpaired) electrons. The maximum Gasteiger partial charge on any atom is 0.261 e. The number of aliphatic hydroxyl groups is 1. The quantitative estimate of drug-likeness (QED) is 0.158. The standard InChI is InChI=1S/C39H47NO6Si/c1-6-26(21-28-18-19-29(23-41)46-28)17-20-34-35-27(22-32-36(33(35)25-44-34)38(43)40(5)37(32)42)24-45-47(39(2,3)4,30-13-9-7-10-14-30)31-15-11-8-12-16-31/h7-16,18-19,21,32-34,36,41H,6,17,20,22-25H2,1-5H3/b26-21+/t32-,33+,34-,36-/m1/s1. The summed E-state index contributed by atoms with van der Waals surface area (Å²) in [4.78, 5) is 28.2. The predicted molar refractivity (Wildman–Crippen MR) is 185 cm³/mol. The van der Waals surface area contributed by atoms with Gasteiger partial charge in [-0.25, -0.2) is 0 Å². The van der Waals surface area contributed by atoms with Crippen LogP contribution in [-0.4, -0.2) is 56.5 Å². The van der Waals surface area contributed by atoms with E-state index in [0.717, 1.165) is 36.2 Å². The molecule has 1 aliphatic carbocycles. The highest BCUT2D eigenvalue weighted by Gasteiger charge is 2.57. The van der Waals surface area contributed by atoms with Gasteiger partial charge in [0.1, 0.15) is 18.1 Å². The van der Waals surface area contributed by atoms with Crippen molar-refractivity contribution in [2.75, 3.05) is 20.3 Å². The van der Waals surface area contributed by atoms with Gasteiger partial charge in [-0.15, -0.1) is 0 Å². The Morgan fingerprint density at radius 3 is 2.21 bits per heavy atom. The topological polar surface area (TPSA) is 89.2 Å². The SMILES string of the molecule is CC/C(=C\c1ccc(CO)o1)CC[C@H]1OC[C@H]2C1=C(CO[Si](c1ccccc1)(c1ccccc1)C(C)(C)C)C[C@H]1C(=O)N(C)C(=O)[C@H]12. The molecule has 2 aliphatic heterocycles. The van der Waals surface area contributed by atoms with Crippen molar-refractivity contribution in [1.29, 1.82) is 0 Å². The van der Waals surface area contributed by atoms with E-state index < -0.39 is 8.32 Å². The maximum absolute atomic E-state index is 13.4. The number of fused-ring (bicyclic) bond motifs is 3. The van der Waals surface area contributed by atoms with Crippen molar-refractivity contribution in [3.05, 3.63) is 101 Å². The molecular formula is C39H47NO6Si. The van der Waals surface area contributed by atoms with Gasteiger partial charge in [-0.2, -0.15) is 0 Å². The fourth-order valence-electron chi connectivity index (χ4n) is 8.15. The van der Waals surface area contributed by atoms with Crippen LogP contribution >= 0.6 is 0 Å². The predicted octanol–water partition coefficient (Wildman–Crippen LogP) is 5.87. The third-order valence-electron chi connectivity index (χ3n) is 10.5. The summed E-state index contributed by atoms with van der Waals surface area (Å²) in [6.45, 7) is 9.64. The molecule has 2 fully saturated rings. The molecule has 6 rings (SSSR count). The number of rotatable bonds is 11. The molecule has 7 nitrogen and oxygen atoms in total. The molecule has 3 heterocycles. The number of hydrogen-bond donors (Lipinski definition) is 1. The van der Waals surface area contributed by atoms with Crippen LogP contribution in [0.2, 0.25) is 5.04 Å². The highest BCUT2D eigenvalue weighted by molar-refractivity contribution is 6.99. The van der Waals surface area contributed by atoms with E-state index in [1.165, 1.54) is 20.8 Å². The highest BCUT2D eigenvalue weighted by Crippen LogP contribution is 2.50. The number of aliphatic hydroxyl groups excluding tert-OH is 1. The maximum atomic E-state index is 13.4. The van der Waals surface area contributed by atoms with Crippen molar-refractivity contribution in [1.82, 2.24) is 4.90 Å². The molecule has 2 saturated heterocycles. The normalized spacial score (nSPS) is 23.4. The van der Waals surface area contributed by atoms with Gasteiger partial charge >= 0.3 is 0 Å². The Hall–Kier alpha value is -3.56. The van der Waals surface area contributed by atoms with Crippen molar-refractivity contribution in [2.45, 2.75) is 71.1 Å². The van der Waals surface area contributed by atoms with Crippen LogP contribution < -0.4 is 10.4 Å². The lowest BCUT2D eigenvalue weighted by atomic mass is 9.69. The minimum Gasteiger partial charge on any atom is -0.459 e. The lowest BCUT2D eigenvalue weighted by Crippen LogP contribution is -2.66. The Morgan fingerprint density at radius 2 is 1.64 bits per heavy atom. The minimum atomic E-state index is -2.84. The minimum absolute atomic E-state index is 0.0923. The molecule has 2 amide bonds. The molecule has 248 valence electrons. The number of carbonyl (C=O) groups excluding carboxylic acids is 2. The van der Waals surface area contributed by atoms with Crippen LogP contribution in [0, 0.1) is 17.8 Å². The second-order valence-electron chi connectivity index (χ2n) is 14.2. The summed E-state index contributed by atoms with van der Waals surface area (Å²) in [6, 6.07) is 24.9. The Labute approximate surface area is 279 Å². The summed E-state index contributed by atoms with van der Waals surface area (Å²) >= 11 is 0. The number of likely N-dealkylation sites (tertiary alicyclic amines) is 1. The zero-order chi connectivity index (χ0) is 33.3. The fraction of sp³-hybridized carbons (Fsp3) is 0.436. The van der Waals surface area contributed by atoms with Gasteiger partial charge in [0.25, 0.3) is 8.32 Å². The van der Waals surface area contributed by atoms with Gasteiger partial charge in [0, 0.05) is 13.0 Å². The Morgan fingerprint density at radius 1 is 0.979 bits per heavy atom. The first-order valence-electron chi connectivity index (χ1n) is 16.9. The van der Waals surface area contributed by atoms with Crippen molar-refractivity contribution in [3.8, 4) is 0 Å². The van der Waals surface area contributed by atoms with Gasteiger partial charge in [-0.1, -0.05) is 93.9 Å². The van der Waals surface area contributed by atoms with Crippen LogP contribution in [-0.2, 0) is 25.4 Å². The van der Waals surface area contributed by atoms with Gasteiger partial charge in [0.2, 0.25) is 11.8 Å². The molecule has 8 heteroatoms. The lowest BCUT2D eigenvalue weighted by molar-refractivity contribution is -0.138. The zero-order valence-electron chi connectivity index (χ0n) is 28.2. The first-order valence-corrected chi connectivity index (χ1v) is 18.8. The number of amides is 2. The monoisotopic (exact) mass is 653 g/mol. The summed E-state index contributed by atoms with van der Waals surface area (Å²) < 4.78 is 19.7. The first kappa shape index (κ1) is 33.3. The van der Waals surface area contributed by atoms with Crippen molar-refractivity contribution in [3.63, 3.8) is 0 Å². The molecule has 0 saturated carbocycles. The molecule has 4 atom stereocenters. The molecule has 2 aromatic carbocycles. The van der Waals surface area contributed by atoms with Crippen LogP contribution in [0.15, 0.2) is 93.9 Å². The van der Waals surface area contributed by atoms with Crippen LogP contribution in [0.5, 0.6) is 0 Å². The molecule has 47 heavy (non-hydrogen) atoms. The van der Waals surface area contributed by atoms with E-state index in [0.29, 0.717) is 25.4 Å². The van der Waals surface area contributed by atoms with Crippen LogP contribution in [0.4, 0.5) is 0 Å². The number of hydrogen-bond acceptors (Lipinski definition) is 6. The molecule has 0 bridgehead atoms. The van der Waals surface area contributed by atoms with Crippen molar-refractivity contribution >= 4 is 36.6 Å². The molecule has 0 spiro atoms. The zero-order valence-corrected chi connectivity index (χ0v) is 29.2. The van der Waals surface area contributed by atoms with E-state index in [2.05, 4.69) is 82.3 Å². The van der Waals surface area contributed by atoms with E-state index in [9.17, 15) is 14.7 Å². The molecule has 3 aromatic rings. The number of carbonyl (C=O) groups is 2. The summed E-state index contributed by atoms with van der Waals surface area (Å²) in [5.74, 6) is 0.185. The lowest BCUT2D eigenvalue weighted by Gasteiger charge is -2.44. The Kier molecular flexibility index (Phi) is 9.58. The number of furan rings is 1. The summed E-state index contributed by atoms with van der Waals surface area (Å²) in [7, 11) is -1.22. The molecule has 0 unspecified atom stereocenters. The largest absolute Gasteiger partial charge is 0.459 e. The van der Waals surface area contributed by atoms with Gasteiger partial charge < -0.3 is 18.7 Å². The number of imide groups is 1. The van der Waals surface area contributed by atoms with Gasteiger partial charge in [0.05, 0.1) is 31.2 Å². The number of benzene rings is 2. The third kappa shape index (κ3) is 6.13. The average Bonchev–Trinajstić information content (AvgIpc) is 3.77. The first-order chi connectivity index (χ1) is 22.6. The third-order valence-corrected chi connectivity index (χ3v) is 15.5. The Bertz CT molecular complexity index is 1610. The fourth-order valence-corrected chi connectivity index (χ4v) is 12.7. The number of ether oxygens (including phenoxy) is 1. The summed E-state index contributed by atoms with van der Waals surface area (Å²) in [6.07, 6.45) is 4.82. The van der Waals surface area contributed by atoms with E-state index in [-0.39, 0.29) is 47.3 Å². The van der Waals surface area contributed by atoms with E-state index in [1.54, 1.807) is 13.1 Å². The summed E-state index contributed by atoms with van der Waals surface area (Å²) in [5.41, 5.74) is 3.50. The van der Waals surface area contributed by atoms with Crippen LogP contribution in [0.1, 0.15) is 64.9 Å². The van der Waals surface area contributed by atoms with Crippen molar-refractivity contribution in [2.24, 2.45) is 17.8 Å².